The van der Waals surface area contributed by atoms with E-state index in [1.165, 1.54) is 12.1 Å². The zero-order chi connectivity index (χ0) is 13.8. The third-order valence-corrected chi connectivity index (χ3v) is 2.70. The van der Waals surface area contributed by atoms with Gasteiger partial charge in [0, 0.05) is 0 Å². The Morgan fingerprint density at radius 2 is 2.11 bits per heavy atom. The molecule has 0 fully saturated rings. The summed E-state index contributed by atoms with van der Waals surface area (Å²) < 4.78 is 28.9. The summed E-state index contributed by atoms with van der Waals surface area (Å²) in [4.78, 5) is 11.2. The SMILES string of the molecule is CCOC(=O)C(F)C(O)c1ccc2c(c1)OCCO2. The third-order valence-electron chi connectivity index (χ3n) is 2.70. The van der Waals surface area contributed by atoms with Crippen LogP contribution in [-0.2, 0) is 9.53 Å². The highest BCUT2D eigenvalue weighted by Gasteiger charge is 2.30. The highest BCUT2D eigenvalue weighted by molar-refractivity contribution is 5.75. The minimum absolute atomic E-state index is 0.0626. The maximum atomic E-state index is 13.7. The fourth-order valence-electron chi connectivity index (χ4n) is 1.76. The quantitative estimate of drug-likeness (QED) is 0.838. The normalized spacial score (nSPS) is 16.6. The second-order valence-electron chi connectivity index (χ2n) is 4.00. The molecule has 104 valence electrons. The van der Waals surface area contributed by atoms with E-state index in [2.05, 4.69) is 4.74 Å². The molecule has 1 aromatic rings. The van der Waals surface area contributed by atoms with E-state index >= 15 is 0 Å². The van der Waals surface area contributed by atoms with E-state index in [4.69, 9.17) is 9.47 Å². The molecule has 0 saturated carbocycles. The molecule has 1 N–H and O–H groups in total. The first kappa shape index (κ1) is 13.6. The highest BCUT2D eigenvalue weighted by Crippen LogP contribution is 2.33. The van der Waals surface area contributed by atoms with Crippen molar-refractivity contribution < 1.29 is 28.5 Å². The topological polar surface area (TPSA) is 65.0 Å². The predicted octanol–water partition coefficient (Wildman–Crippen LogP) is 1.39. The summed E-state index contributed by atoms with van der Waals surface area (Å²) in [5.74, 6) is -0.113. The first-order valence-corrected chi connectivity index (χ1v) is 6.01. The molecule has 0 aliphatic carbocycles. The number of ether oxygens (including phenoxy) is 3. The molecule has 0 saturated heterocycles. The van der Waals surface area contributed by atoms with Crippen molar-refractivity contribution in [2.45, 2.75) is 19.2 Å². The zero-order valence-electron chi connectivity index (χ0n) is 10.5. The van der Waals surface area contributed by atoms with Crippen molar-refractivity contribution in [2.24, 2.45) is 0 Å². The van der Waals surface area contributed by atoms with Gasteiger partial charge in [0.25, 0.3) is 0 Å². The monoisotopic (exact) mass is 270 g/mol. The number of rotatable bonds is 4. The molecule has 0 amide bonds. The van der Waals surface area contributed by atoms with Crippen molar-refractivity contribution in [1.82, 2.24) is 0 Å². The molecule has 2 rings (SSSR count). The first-order valence-electron chi connectivity index (χ1n) is 6.01. The Morgan fingerprint density at radius 1 is 1.42 bits per heavy atom. The van der Waals surface area contributed by atoms with Crippen LogP contribution in [0.2, 0.25) is 0 Å². The van der Waals surface area contributed by atoms with E-state index < -0.39 is 18.2 Å². The second-order valence-corrected chi connectivity index (χ2v) is 4.00. The molecule has 2 unspecified atom stereocenters. The Hall–Kier alpha value is -1.82. The third kappa shape index (κ3) is 2.96. The Morgan fingerprint density at radius 3 is 2.79 bits per heavy atom. The summed E-state index contributed by atoms with van der Waals surface area (Å²) in [6, 6.07) is 4.53. The molecule has 0 aromatic heterocycles. The molecular weight excluding hydrogens is 255 g/mol. The van der Waals surface area contributed by atoms with E-state index in [0.717, 1.165) is 0 Å². The van der Waals surface area contributed by atoms with Gasteiger partial charge < -0.3 is 19.3 Å². The highest BCUT2D eigenvalue weighted by atomic mass is 19.1. The van der Waals surface area contributed by atoms with E-state index in [-0.39, 0.29) is 12.2 Å². The van der Waals surface area contributed by atoms with Crippen LogP contribution in [0.25, 0.3) is 0 Å². The molecule has 5 nitrogen and oxygen atoms in total. The van der Waals surface area contributed by atoms with Crippen molar-refractivity contribution in [3.05, 3.63) is 23.8 Å². The first-order chi connectivity index (χ1) is 9.13. The summed E-state index contributed by atoms with van der Waals surface area (Å²) in [7, 11) is 0. The second kappa shape index (κ2) is 5.88. The van der Waals surface area contributed by atoms with E-state index in [9.17, 15) is 14.3 Å². The lowest BCUT2D eigenvalue weighted by atomic mass is 10.0. The zero-order valence-corrected chi connectivity index (χ0v) is 10.5. The van der Waals surface area contributed by atoms with Crippen molar-refractivity contribution in [3.63, 3.8) is 0 Å². The average Bonchev–Trinajstić information content (AvgIpc) is 2.45. The summed E-state index contributed by atoms with van der Waals surface area (Å²) in [6.45, 7) is 2.47. The summed E-state index contributed by atoms with van der Waals surface area (Å²) >= 11 is 0. The Labute approximate surface area is 109 Å². The lowest BCUT2D eigenvalue weighted by Crippen LogP contribution is -2.26. The van der Waals surface area contributed by atoms with Crippen LogP contribution in [0.3, 0.4) is 0 Å². The lowest BCUT2D eigenvalue weighted by Gasteiger charge is -2.21. The molecular formula is C13H15FO5. The van der Waals surface area contributed by atoms with Gasteiger partial charge in [0.1, 0.15) is 19.3 Å². The number of halogens is 1. The van der Waals surface area contributed by atoms with Crippen LogP contribution < -0.4 is 9.47 Å². The largest absolute Gasteiger partial charge is 0.486 e. The van der Waals surface area contributed by atoms with Crippen LogP contribution in [0.5, 0.6) is 11.5 Å². The number of esters is 1. The number of fused-ring (bicyclic) bond motifs is 1. The van der Waals surface area contributed by atoms with Gasteiger partial charge in [-0.1, -0.05) is 6.07 Å². The van der Waals surface area contributed by atoms with E-state index in [1.54, 1.807) is 13.0 Å². The molecule has 1 aliphatic heterocycles. The van der Waals surface area contributed by atoms with Gasteiger partial charge in [-0.15, -0.1) is 0 Å². The molecule has 6 heteroatoms. The molecule has 19 heavy (non-hydrogen) atoms. The van der Waals surface area contributed by atoms with Crippen LogP contribution in [0.4, 0.5) is 4.39 Å². The Bertz CT molecular complexity index is 462. The molecule has 0 bridgehead atoms. The van der Waals surface area contributed by atoms with Crippen molar-refractivity contribution in [1.29, 1.82) is 0 Å². The fourth-order valence-corrected chi connectivity index (χ4v) is 1.76. The van der Waals surface area contributed by atoms with E-state index in [0.29, 0.717) is 24.7 Å². The van der Waals surface area contributed by atoms with Crippen LogP contribution in [0.15, 0.2) is 18.2 Å². The number of aliphatic hydroxyl groups excluding tert-OH is 1. The Balaban J connectivity index is 2.14. The summed E-state index contributed by atoms with van der Waals surface area (Å²) in [5.41, 5.74) is 0.241. The van der Waals surface area contributed by atoms with E-state index in [1.807, 2.05) is 0 Å². The standard InChI is InChI=1S/C13H15FO5/c1-2-17-13(16)11(14)12(15)8-3-4-9-10(7-8)19-6-5-18-9/h3-4,7,11-12,15H,2,5-6H2,1H3. The number of aliphatic hydroxyl groups is 1. The molecule has 0 radical (unpaired) electrons. The molecule has 1 aromatic carbocycles. The number of benzene rings is 1. The van der Waals surface area contributed by atoms with Gasteiger partial charge in [0.15, 0.2) is 11.5 Å². The summed E-state index contributed by atoms with van der Waals surface area (Å²) in [5, 5.41) is 9.82. The molecule has 1 aliphatic rings. The predicted molar refractivity (Wildman–Crippen MR) is 63.9 cm³/mol. The smallest absolute Gasteiger partial charge is 0.343 e. The van der Waals surface area contributed by atoms with Gasteiger partial charge >= 0.3 is 5.97 Å². The summed E-state index contributed by atoms with van der Waals surface area (Å²) in [6.07, 6.45) is -3.71. The van der Waals surface area contributed by atoms with Gasteiger partial charge in [-0.3, -0.25) is 0 Å². The number of hydrogen-bond acceptors (Lipinski definition) is 5. The van der Waals surface area contributed by atoms with Gasteiger partial charge in [-0.2, -0.15) is 0 Å². The molecule has 0 spiro atoms. The van der Waals surface area contributed by atoms with Gasteiger partial charge in [0.2, 0.25) is 6.17 Å². The number of carbonyl (C=O) groups is 1. The van der Waals surface area contributed by atoms with Crippen molar-refractivity contribution in [3.8, 4) is 11.5 Å². The van der Waals surface area contributed by atoms with Crippen LogP contribution in [0, 0.1) is 0 Å². The number of alkyl halides is 1. The van der Waals surface area contributed by atoms with Crippen molar-refractivity contribution >= 4 is 5.97 Å². The Kier molecular flexibility index (Phi) is 4.21. The number of hydrogen-bond donors (Lipinski definition) is 1. The van der Waals surface area contributed by atoms with Crippen LogP contribution in [-0.4, -0.2) is 37.1 Å². The fraction of sp³-hybridized carbons (Fsp3) is 0.462. The molecule has 1 heterocycles. The minimum Gasteiger partial charge on any atom is -0.486 e. The lowest BCUT2D eigenvalue weighted by molar-refractivity contribution is -0.153. The van der Waals surface area contributed by atoms with Crippen molar-refractivity contribution in [2.75, 3.05) is 19.8 Å². The van der Waals surface area contributed by atoms with Gasteiger partial charge in [0.05, 0.1) is 6.61 Å². The van der Waals surface area contributed by atoms with Crippen LogP contribution in [0.1, 0.15) is 18.6 Å². The maximum absolute atomic E-state index is 13.7. The van der Waals surface area contributed by atoms with Gasteiger partial charge in [-0.25, -0.2) is 9.18 Å². The van der Waals surface area contributed by atoms with Crippen LogP contribution >= 0.6 is 0 Å². The number of carbonyl (C=O) groups excluding carboxylic acids is 1. The molecule has 2 atom stereocenters. The maximum Gasteiger partial charge on any atom is 0.343 e. The minimum atomic E-state index is -2.12. The van der Waals surface area contributed by atoms with Gasteiger partial charge in [-0.05, 0) is 24.6 Å². The average molecular weight is 270 g/mol.